The summed E-state index contributed by atoms with van der Waals surface area (Å²) < 4.78 is 4.74. The summed E-state index contributed by atoms with van der Waals surface area (Å²) in [4.78, 5) is 0. The molecule has 3 nitrogen and oxygen atoms in total. The third kappa shape index (κ3) is 2.95. The second-order valence-corrected chi connectivity index (χ2v) is 5.86. The summed E-state index contributed by atoms with van der Waals surface area (Å²) in [6.45, 7) is 4.11. The van der Waals surface area contributed by atoms with Gasteiger partial charge in [-0.3, -0.25) is 0 Å². The first-order chi connectivity index (χ1) is 4.18. The molecule has 0 heterocycles. The highest BCUT2D eigenvalue weighted by molar-refractivity contribution is 6.70. The zero-order valence-electron chi connectivity index (χ0n) is 6.18. The van der Waals surface area contributed by atoms with E-state index >= 15 is 0 Å². The van der Waals surface area contributed by atoms with Gasteiger partial charge < -0.3 is 9.93 Å². The quantitative estimate of drug-likeness (QED) is 0.456. The van der Waals surface area contributed by atoms with Gasteiger partial charge >= 0.3 is 0 Å². The fraction of sp³-hybridized carbons (Fsp3) is 1.00. The van der Waals surface area contributed by atoms with Gasteiger partial charge in [0.2, 0.25) is 0 Å². The van der Waals surface area contributed by atoms with Crippen molar-refractivity contribution in [1.82, 2.24) is 0 Å². The van der Waals surface area contributed by atoms with Gasteiger partial charge in [0, 0.05) is 0 Å². The van der Waals surface area contributed by atoms with Crippen molar-refractivity contribution in [2.45, 2.75) is 32.4 Å². The van der Waals surface area contributed by atoms with Gasteiger partial charge in [-0.1, -0.05) is 20.3 Å². The Bertz CT molecular complexity index is 75.4. The highest BCUT2D eigenvalue weighted by atomic mass is 28.4. The van der Waals surface area contributed by atoms with Crippen molar-refractivity contribution < 1.29 is 4.53 Å². The van der Waals surface area contributed by atoms with Crippen LogP contribution in [0.15, 0.2) is 0 Å². The minimum absolute atomic E-state index is 0.900. The molecule has 4 heteroatoms. The molecule has 0 aromatic rings. The normalized spacial score (nSPS) is 17.3. The summed E-state index contributed by atoms with van der Waals surface area (Å²) in [6, 6.07) is 1.86. The minimum atomic E-state index is -1.92. The molecule has 0 aliphatic rings. The number of hydrogen-bond acceptors (Lipinski definition) is 3. The highest BCUT2D eigenvalue weighted by Crippen LogP contribution is 2.09. The topological polar surface area (TPSA) is 61.3 Å². The van der Waals surface area contributed by atoms with Crippen LogP contribution in [0, 0.1) is 0 Å². The van der Waals surface area contributed by atoms with E-state index in [0.717, 1.165) is 18.5 Å². The van der Waals surface area contributed by atoms with Crippen LogP contribution in [0.5, 0.6) is 0 Å². The smallest absolute Gasteiger partial charge is 0.289 e. The van der Waals surface area contributed by atoms with Crippen molar-refractivity contribution >= 4 is 8.48 Å². The van der Waals surface area contributed by atoms with Crippen molar-refractivity contribution in [3.63, 3.8) is 0 Å². The first kappa shape index (κ1) is 9.10. The Morgan fingerprint density at radius 1 is 1.44 bits per heavy atom. The van der Waals surface area contributed by atoms with Crippen LogP contribution in [-0.2, 0) is 4.53 Å². The lowest BCUT2D eigenvalue weighted by molar-refractivity contribution is 0.313. The standard InChI is InChI=1S/C5H16N2OSi/c1-3-5-9(7,4-2)8-6/h3-7H2,1-2H3. The van der Waals surface area contributed by atoms with Gasteiger partial charge in [-0.25, -0.2) is 5.90 Å². The van der Waals surface area contributed by atoms with E-state index in [1.54, 1.807) is 0 Å². The molecule has 0 radical (unpaired) electrons. The molecule has 4 N–H and O–H groups in total. The Labute approximate surface area is 57.5 Å². The van der Waals surface area contributed by atoms with Crippen molar-refractivity contribution in [3.05, 3.63) is 0 Å². The largest absolute Gasteiger partial charge is 0.329 e. The molecule has 0 rings (SSSR count). The van der Waals surface area contributed by atoms with Gasteiger partial charge in [0.25, 0.3) is 8.48 Å². The monoisotopic (exact) mass is 148 g/mol. The molecule has 56 valence electrons. The lowest BCUT2D eigenvalue weighted by Gasteiger charge is -2.20. The molecular formula is C5H16N2OSi. The van der Waals surface area contributed by atoms with Crippen LogP contribution in [0.4, 0.5) is 0 Å². The number of rotatable bonds is 4. The van der Waals surface area contributed by atoms with Crippen LogP contribution >= 0.6 is 0 Å². The molecule has 1 atom stereocenters. The van der Waals surface area contributed by atoms with E-state index in [9.17, 15) is 0 Å². The Morgan fingerprint density at radius 3 is 2.11 bits per heavy atom. The maximum absolute atomic E-state index is 5.80. The minimum Gasteiger partial charge on any atom is -0.329 e. The Balaban J connectivity index is 3.62. The maximum atomic E-state index is 5.80. The maximum Gasteiger partial charge on any atom is 0.289 e. The fourth-order valence-electron chi connectivity index (χ4n) is 0.742. The van der Waals surface area contributed by atoms with E-state index in [1.807, 2.05) is 6.92 Å². The molecule has 0 aliphatic heterocycles. The van der Waals surface area contributed by atoms with Gasteiger partial charge in [0.1, 0.15) is 0 Å². The molecule has 0 bridgehead atoms. The fourth-order valence-corrected chi connectivity index (χ4v) is 2.23. The van der Waals surface area contributed by atoms with Crippen molar-refractivity contribution in [2.75, 3.05) is 0 Å². The predicted molar refractivity (Wildman–Crippen MR) is 40.8 cm³/mol. The lowest BCUT2D eigenvalue weighted by Crippen LogP contribution is -2.50. The molecule has 1 unspecified atom stereocenters. The third-order valence-electron chi connectivity index (χ3n) is 1.51. The van der Waals surface area contributed by atoms with E-state index in [1.165, 1.54) is 0 Å². The molecule has 0 aromatic heterocycles. The molecule has 0 saturated carbocycles. The van der Waals surface area contributed by atoms with Crippen LogP contribution in [0.3, 0.4) is 0 Å². The summed E-state index contributed by atoms with van der Waals surface area (Å²) in [7, 11) is -1.92. The second kappa shape index (κ2) is 4.00. The van der Waals surface area contributed by atoms with E-state index in [2.05, 4.69) is 6.92 Å². The SMILES string of the molecule is CCC[Si](N)(CC)ON. The molecular weight excluding hydrogens is 132 g/mol. The molecule has 0 saturated heterocycles. The van der Waals surface area contributed by atoms with Crippen LogP contribution in [-0.4, -0.2) is 8.48 Å². The van der Waals surface area contributed by atoms with Crippen LogP contribution in [0.1, 0.15) is 20.3 Å². The van der Waals surface area contributed by atoms with Gasteiger partial charge in [0.15, 0.2) is 0 Å². The molecule has 0 aromatic carbocycles. The number of nitrogens with two attached hydrogens (primary N) is 2. The van der Waals surface area contributed by atoms with E-state index in [-0.39, 0.29) is 0 Å². The zero-order chi connectivity index (χ0) is 7.33. The highest BCUT2D eigenvalue weighted by Gasteiger charge is 2.26. The van der Waals surface area contributed by atoms with Crippen molar-refractivity contribution in [2.24, 2.45) is 11.3 Å². The van der Waals surface area contributed by atoms with Crippen LogP contribution < -0.4 is 11.3 Å². The summed E-state index contributed by atoms with van der Waals surface area (Å²) in [5.74, 6) is 5.04. The molecule has 0 spiro atoms. The number of hydrogen-bond donors (Lipinski definition) is 2. The Kier molecular flexibility index (Phi) is 4.04. The molecule has 0 aliphatic carbocycles. The predicted octanol–water partition coefficient (Wildman–Crippen LogP) is 0.708. The van der Waals surface area contributed by atoms with E-state index < -0.39 is 8.48 Å². The summed E-state index contributed by atoms with van der Waals surface area (Å²) in [5.41, 5.74) is 0. The summed E-state index contributed by atoms with van der Waals surface area (Å²) >= 11 is 0. The van der Waals surface area contributed by atoms with Gasteiger partial charge in [0.05, 0.1) is 0 Å². The average Bonchev–Trinajstić information content (AvgIpc) is 1.89. The van der Waals surface area contributed by atoms with Crippen molar-refractivity contribution in [1.29, 1.82) is 0 Å². The first-order valence-corrected chi connectivity index (χ1v) is 5.75. The molecule has 9 heavy (non-hydrogen) atoms. The Hall–Kier alpha value is 0.0969. The Morgan fingerprint density at radius 2 is 2.00 bits per heavy atom. The van der Waals surface area contributed by atoms with E-state index in [4.69, 9.17) is 15.8 Å². The average molecular weight is 148 g/mol. The molecule has 0 fully saturated rings. The zero-order valence-corrected chi connectivity index (χ0v) is 7.18. The third-order valence-corrected chi connectivity index (χ3v) is 4.52. The van der Waals surface area contributed by atoms with Crippen molar-refractivity contribution in [3.8, 4) is 0 Å². The second-order valence-electron chi connectivity index (χ2n) is 2.29. The van der Waals surface area contributed by atoms with Crippen LogP contribution in [0.25, 0.3) is 0 Å². The molecule has 0 amide bonds. The van der Waals surface area contributed by atoms with Gasteiger partial charge in [-0.05, 0) is 12.1 Å². The first-order valence-electron chi connectivity index (χ1n) is 3.35. The summed E-state index contributed by atoms with van der Waals surface area (Å²) in [5, 5.41) is 5.80. The van der Waals surface area contributed by atoms with E-state index in [0.29, 0.717) is 0 Å². The van der Waals surface area contributed by atoms with Crippen LogP contribution in [0.2, 0.25) is 12.1 Å². The van der Waals surface area contributed by atoms with Gasteiger partial charge in [-0.2, -0.15) is 0 Å². The summed E-state index contributed by atoms with van der Waals surface area (Å²) in [6.07, 6.45) is 1.06. The van der Waals surface area contributed by atoms with Gasteiger partial charge in [-0.15, -0.1) is 0 Å². The lowest BCUT2D eigenvalue weighted by atomic mass is 10.6.